The lowest BCUT2D eigenvalue weighted by Crippen LogP contribution is -2.28. The van der Waals surface area contributed by atoms with E-state index >= 15 is 0 Å². The number of hydrogen-bond donors (Lipinski definition) is 0. The van der Waals surface area contributed by atoms with Crippen molar-refractivity contribution >= 4 is 5.97 Å². The predicted octanol–water partition coefficient (Wildman–Crippen LogP) is 3.80. The largest absolute Gasteiger partial charge is 0.466 e. The molecule has 3 heteroatoms. The molecule has 116 valence electrons. The van der Waals surface area contributed by atoms with Crippen molar-refractivity contribution in [3.63, 3.8) is 0 Å². The molecule has 0 N–H and O–H groups in total. The standard InChI is InChI=1S/C19H23NO2/c1-4-22-18(21)19(2,3)13-16-9-7-15(8-10-16)12-17-6-5-11-20-14-17/h5-11,14H,4,12-13H2,1-3H3. The van der Waals surface area contributed by atoms with Crippen LogP contribution < -0.4 is 0 Å². The molecule has 0 saturated heterocycles. The first-order chi connectivity index (χ1) is 10.5. The molecule has 1 heterocycles. The molecule has 0 spiro atoms. The lowest BCUT2D eigenvalue weighted by Gasteiger charge is -2.22. The molecule has 22 heavy (non-hydrogen) atoms. The van der Waals surface area contributed by atoms with E-state index in [0.717, 1.165) is 12.0 Å². The molecule has 0 aliphatic rings. The van der Waals surface area contributed by atoms with Gasteiger partial charge in [0.15, 0.2) is 0 Å². The molecular formula is C19H23NO2. The number of esters is 1. The number of benzene rings is 1. The molecule has 2 rings (SSSR count). The van der Waals surface area contributed by atoms with Crippen molar-refractivity contribution in [3.8, 4) is 0 Å². The van der Waals surface area contributed by atoms with E-state index in [4.69, 9.17) is 4.74 Å². The fraction of sp³-hybridized carbons (Fsp3) is 0.368. The van der Waals surface area contributed by atoms with E-state index in [1.165, 1.54) is 11.1 Å². The quantitative estimate of drug-likeness (QED) is 0.761. The van der Waals surface area contributed by atoms with Crippen LogP contribution in [0.5, 0.6) is 0 Å². The maximum absolute atomic E-state index is 11.9. The van der Waals surface area contributed by atoms with E-state index < -0.39 is 5.41 Å². The Morgan fingerprint density at radius 1 is 1.09 bits per heavy atom. The van der Waals surface area contributed by atoms with Crippen molar-refractivity contribution in [3.05, 3.63) is 65.5 Å². The third-order valence-electron chi connectivity index (χ3n) is 3.63. The third kappa shape index (κ3) is 4.42. The number of carbonyl (C=O) groups excluding carboxylic acids is 1. The second-order valence-corrected chi connectivity index (χ2v) is 6.14. The van der Waals surface area contributed by atoms with E-state index in [-0.39, 0.29) is 5.97 Å². The van der Waals surface area contributed by atoms with Crippen LogP contribution in [0.25, 0.3) is 0 Å². The van der Waals surface area contributed by atoms with Gasteiger partial charge >= 0.3 is 5.97 Å². The van der Waals surface area contributed by atoms with Gasteiger partial charge in [0, 0.05) is 12.4 Å². The summed E-state index contributed by atoms with van der Waals surface area (Å²) >= 11 is 0. The zero-order valence-electron chi connectivity index (χ0n) is 13.5. The molecule has 0 bridgehead atoms. The minimum Gasteiger partial charge on any atom is -0.466 e. The van der Waals surface area contributed by atoms with Gasteiger partial charge in [-0.05, 0) is 56.4 Å². The van der Waals surface area contributed by atoms with Gasteiger partial charge in [-0.15, -0.1) is 0 Å². The first-order valence-corrected chi connectivity index (χ1v) is 7.65. The van der Waals surface area contributed by atoms with Crippen LogP contribution in [0.4, 0.5) is 0 Å². The number of nitrogens with zero attached hydrogens (tertiary/aromatic N) is 1. The van der Waals surface area contributed by atoms with Crippen LogP contribution in [0.2, 0.25) is 0 Å². The molecule has 0 unspecified atom stereocenters. The van der Waals surface area contributed by atoms with Crippen LogP contribution in [0, 0.1) is 5.41 Å². The lowest BCUT2D eigenvalue weighted by molar-refractivity contribution is -0.153. The van der Waals surface area contributed by atoms with Gasteiger partial charge in [0.25, 0.3) is 0 Å². The van der Waals surface area contributed by atoms with Gasteiger partial charge in [0.2, 0.25) is 0 Å². The van der Waals surface area contributed by atoms with Crippen LogP contribution in [-0.4, -0.2) is 17.6 Å². The van der Waals surface area contributed by atoms with Crippen LogP contribution >= 0.6 is 0 Å². The van der Waals surface area contributed by atoms with E-state index in [0.29, 0.717) is 13.0 Å². The number of carbonyl (C=O) groups is 1. The van der Waals surface area contributed by atoms with Gasteiger partial charge in [-0.3, -0.25) is 9.78 Å². The molecule has 1 aromatic carbocycles. The Morgan fingerprint density at radius 3 is 2.36 bits per heavy atom. The number of ether oxygens (including phenoxy) is 1. The second-order valence-electron chi connectivity index (χ2n) is 6.14. The number of pyridine rings is 1. The van der Waals surface area contributed by atoms with E-state index in [2.05, 4.69) is 35.3 Å². The summed E-state index contributed by atoms with van der Waals surface area (Å²) in [7, 11) is 0. The van der Waals surface area contributed by atoms with Crippen molar-refractivity contribution in [1.29, 1.82) is 0 Å². The summed E-state index contributed by atoms with van der Waals surface area (Å²) in [5, 5.41) is 0. The predicted molar refractivity (Wildman–Crippen MR) is 87.6 cm³/mol. The lowest BCUT2D eigenvalue weighted by atomic mass is 9.85. The SMILES string of the molecule is CCOC(=O)C(C)(C)Cc1ccc(Cc2cccnc2)cc1. The topological polar surface area (TPSA) is 39.2 Å². The van der Waals surface area contributed by atoms with E-state index in [1.807, 2.05) is 33.0 Å². The van der Waals surface area contributed by atoms with E-state index in [1.54, 1.807) is 6.20 Å². The number of rotatable bonds is 6. The highest BCUT2D eigenvalue weighted by Crippen LogP contribution is 2.24. The molecule has 0 fully saturated rings. The van der Waals surface area contributed by atoms with Gasteiger partial charge in [-0.2, -0.15) is 0 Å². The summed E-state index contributed by atoms with van der Waals surface area (Å²) in [6.45, 7) is 6.11. The van der Waals surface area contributed by atoms with Crippen LogP contribution in [-0.2, 0) is 22.4 Å². The molecular weight excluding hydrogens is 274 g/mol. The fourth-order valence-corrected chi connectivity index (χ4v) is 2.42. The summed E-state index contributed by atoms with van der Waals surface area (Å²) in [6, 6.07) is 12.4. The van der Waals surface area contributed by atoms with Crippen molar-refractivity contribution < 1.29 is 9.53 Å². The fourth-order valence-electron chi connectivity index (χ4n) is 2.42. The Labute approximate surface area is 132 Å². The normalized spacial score (nSPS) is 11.2. The van der Waals surface area contributed by atoms with Gasteiger partial charge in [-0.25, -0.2) is 0 Å². The molecule has 0 atom stereocenters. The summed E-state index contributed by atoms with van der Waals surface area (Å²) in [6.07, 6.45) is 5.22. The van der Waals surface area contributed by atoms with Crippen LogP contribution in [0.3, 0.4) is 0 Å². The molecule has 0 saturated carbocycles. The average molecular weight is 297 g/mol. The number of aromatic nitrogens is 1. The average Bonchev–Trinajstić information content (AvgIpc) is 2.50. The molecule has 3 nitrogen and oxygen atoms in total. The zero-order chi connectivity index (χ0) is 16.0. The zero-order valence-corrected chi connectivity index (χ0v) is 13.5. The smallest absolute Gasteiger partial charge is 0.311 e. The monoisotopic (exact) mass is 297 g/mol. The molecule has 0 aliphatic heterocycles. The van der Waals surface area contributed by atoms with Crippen molar-refractivity contribution in [1.82, 2.24) is 4.98 Å². The van der Waals surface area contributed by atoms with Gasteiger partial charge in [-0.1, -0.05) is 30.3 Å². The highest BCUT2D eigenvalue weighted by atomic mass is 16.5. The summed E-state index contributed by atoms with van der Waals surface area (Å²) in [5.74, 6) is -0.144. The van der Waals surface area contributed by atoms with E-state index in [9.17, 15) is 4.79 Å². The summed E-state index contributed by atoms with van der Waals surface area (Å²) in [4.78, 5) is 16.1. The maximum Gasteiger partial charge on any atom is 0.311 e. The van der Waals surface area contributed by atoms with Crippen molar-refractivity contribution in [2.45, 2.75) is 33.6 Å². The summed E-state index contributed by atoms with van der Waals surface area (Å²) in [5.41, 5.74) is 3.08. The molecule has 0 aliphatic carbocycles. The Balaban J connectivity index is 2.01. The van der Waals surface area contributed by atoms with Crippen molar-refractivity contribution in [2.75, 3.05) is 6.61 Å². The van der Waals surface area contributed by atoms with Crippen LogP contribution in [0.1, 0.15) is 37.5 Å². The summed E-state index contributed by atoms with van der Waals surface area (Å²) < 4.78 is 5.14. The first-order valence-electron chi connectivity index (χ1n) is 7.65. The minimum atomic E-state index is -0.499. The molecule has 2 aromatic rings. The minimum absolute atomic E-state index is 0.144. The number of hydrogen-bond acceptors (Lipinski definition) is 3. The first kappa shape index (κ1) is 16.2. The maximum atomic E-state index is 11.9. The Bertz CT molecular complexity index is 603. The van der Waals surface area contributed by atoms with Gasteiger partial charge in [0.05, 0.1) is 12.0 Å². The Kier molecular flexibility index (Phi) is 5.31. The Hall–Kier alpha value is -2.16. The molecule has 1 aromatic heterocycles. The Morgan fingerprint density at radius 2 is 1.77 bits per heavy atom. The van der Waals surface area contributed by atoms with Gasteiger partial charge in [0.1, 0.15) is 0 Å². The van der Waals surface area contributed by atoms with Crippen LogP contribution in [0.15, 0.2) is 48.8 Å². The molecule has 0 radical (unpaired) electrons. The third-order valence-corrected chi connectivity index (χ3v) is 3.63. The highest BCUT2D eigenvalue weighted by molar-refractivity contribution is 5.76. The van der Waals surface area contributed by atoms with Crippen molar-refractivity contribution in [2.24, 2.45) is 5.41 Å². The highest BCUT2D eigenvalue weighted by Gasteiger charge is 2.29. The van der Waals surface area contributed by atoms with Gasteiger partial charge < -0.3 is 4.74 Å². The molecule has 0 amide bonds. The second kappa shape index (κ2) is 7.21.